The molecule has 4 heteroatoms. The van der Waals surface area contributed by atoms with Gasteiger partial charge in [-0.2, -0.15) is 0 Å². The fraction of sp³-hybridized carbons (Fsp3) is 0.188. The Bertz CT molecular complexity index is 551. The molecule has 0 radical (unpaired) electrons. The predicted octanol–water partition coefficient (Wildman–Crippen LogP) is 3.03. The summed E-state index contributed by atoms with van der Waals surface area (Å²) in [6.45, 7) is 0.608. The lowest BCUT2D eigenvalue weighted by Crippen LogP contribution is -2.05. The van der Waals surface area contributed by atoms with Gasteiger partial charge in [0, 0.05) is 0 Å². The first-order valence-corrected chi connectivity index (χ1v) is 6.22. The lowest BCUT2D eigenvalue weighted by atomic mass is 10.2. The minimum atomic E-state index is -0.388. The molecule has 20 heavy (non-hydrogen) atoms. The van der Waals surface area contributed by atoms with Gasteiger partial charge >= 0.3 is 5.97 Å². The van der Waals surface area contributed by atoms with Crippen LogP contribution in [0.15, 0.2) is 54.6 Å². The summed E-state index contributed by atoms with van der Waals surface area (Å²) in [7, 11) is 1.35. The summed E-state index contributed by atoms with van der Waals surface area (Å²) >= 11 is 0. The van der Waals surface area contributed by atoms with Crippen LogP contribution in [-0.2, 0) is 16.1 Å². The third-order valence-corrected chi connectivity index (χ3v) is 2.68. The summed E-state index contributed by atoms with van der Waals surface area (Å²) in [5, 5.41) is 0. The molecular weight excluding hydrogens is 256 g/mol. The van der Waals surface area contributed by atoms with E-state index < -0.39 is 0 Å². The van der Waals surface area contributed by atoms with Gasteiger partial charge in [-0.15, -0.1) is 0 Å². The molecule has 0 unspecified atom stereocenters. The van der Waals surface area contributed by atoms with Gasteiger partial charge in [-0.3, -0.25) is 0 Å². The highest BCUT2D eigenvalue weighted by Gasteiger charge is 2.05. The minimum Gasteiger partial charge on any atom is -0.468 e. The summed E-state index contributed by atoms with van der Waals surface area (Å²) < 4.78 is 15.5. The first-order valence-electron chi connectivity index (χ1n) is 6.22. The topological polar surface area (TPSA) is 44.8 Å². The Morgan fingerprint density at radius 1 is 1.05 bits per heavy atom. The zero-order valence-corrected chi connectivity index (χ0v) is 11.2. The van der Waals surface area contributed by atoms with Crippen molar-refractivity contribution in [3.63, 3.8) is 0 Å². The number of methoxy groups -OCH3 is 1. The Kier molecular flexibility index (Phi) is 5.15. The van der Waals surface area contributed by atoms with E-state index >= 15 is 0 Å². The molecule has 0 aliphatic carbocycles. The second-order valence-corrected chi connectivity index (χ2v) is 4.12. The second-order valence-electron chi connectivity index (χ2n) is 4.12. The van der Waals surface area contributed by atoms with Crippen molar-refractivity contribution in [2.75, 3.05) is 13.9 Å². The number of ether oxygens (including phenoxy) is 3. The van der Waals surface area contributed by atoms with E-state index in [9.17, 15) is 4.79 Å². The van der Waals surface area contributed by atoms with Crippen molar-refractivity contribution in [3.05, 3.63) is 65.7 Å². The maximum Gasteiger partial charge on any atom is 0.337 e. The largest absolute Gasteiger partial charge is 0.468 e. The van der Waals surface area contributed by atoms with E-state index in [0.29, 0.717) is 17.9 Å². The van der Waals surface area contributed by atoms with E-state index in [2.05, 4.69) is 4.74 Å². The Morgan fingerprint density at radius 2 is 1.85 bits per heavy atom. The van der Waals surface area contributed by atoms with Crippen LogP contribution in [0.2, 0.25) is 0 Å². The van der Waals surface area contributed by atoms with Crippen molar-refractivity contribution in [1.29, 1.82) is 0 Å². The molecule has 0 amide bonds. The summed E-state index contributed by atoms with van der Waals surface area (Å²) in [6.07, 6.45) is 0. The maximum atomic E-state index is 11.4. The zero-order valence-electron chi connectivity index (χ0n) is 11.2. The molecule has 0 heterocycles. The Labute approximate surface area is 117 Å². The molecule has 0 saturated heterocycles. The molecule has 0 aromatic heterocycles. The Morgan fingerprint density at radius 3 is 2.60 bits per heavy atom. The normalized spacial score (nSPS) is 10.1. The molecule has 0 atom stereocenters. The van der Waals surface area contributed by atoms with Crippen LogP contribution in [0, 0.1) is 0 Å². The quantitative estimate of drug-likeness (QED) is 0.460. The Balaban J connectivity index is 1.81. The molecule has 4 nitrogen and oxygen atoms in total. The smallest absolute Gasteiger partial charge is 0.337 e. The van der Waals surface area contributed by atoms with Crippen molar-refractivity contribution in [2.24, 2.45) is 0 Å². The molecule has 0 aliphatic rings. The molecule has 0 aliphatic heterocycles. The fourth-order valence-electron chi connectivity index (χ4n) is 1.67. The third kappa shape index (κ3) is 4.10. The van der Waals surface area contributed by atoms with Crippen LogP contribution < -0.4 is 4.74 Å². The maximum absolute atomic E-state index is 11.4. The van der Waals surface area contributed by atoms with Gasteiger partial charge in [0.05, 0.1) is 19.3 Å². The van der Waals surface area contributed by atoms with Crippen molar-refractivity contribution >= 4 is 5.97 Å². The highest BCUT2D eigenvalue weighted by molar-refractivity contribution is 5.89. The van der Waals surface area contributed by atoms with Gasteiger partial charge in [0.2, 0.25) is 0 Å². The second kappa shape index (κ2) is 7.31. The van der Waals surface area contributed by atoms with Gasteiger partial charge in [-0.25, -0.2) is 4.79 Å². The molecule has 0 fully saturated rings. The molecule has 0 saturated carbocycles. The highest BCUT2D eigenvalue weighted by atomic mass is 16.7. The Hall–Kier alpha value is -2.33. The third-order valence-electron chi connectivity index (χ3n) is 2.68. The van der Waals surface area contributed by atoms with Crippen LogP contribution in [-0.4, -0.2) is 19.9 Å². The van der Waals surface area contributed by atoms with E-state index in [0.717, 1.165) is 5.56 Å². The number of benzene rings is 2. The molecular formula is C16H16O4. The first kappa shape index (κ1) is 14.1. The number of carbonyl (C=O) groups excluding carboxylic acids is 1. The van der Waals surface area contributed by atoms with E-state index in [1.165, 1.54) is 7.11 Å². The van der Waals surface area contributed by atoms with E-state index in [1.807, 2.05) is 30.3 Å². The van der Waals surface area contributed by atoms with Gasteiger partial charge in [-0.05, 0) is 23.8 Å². The SMILES string of the molecule is COC(=O)c1cccc(OCOCc2ccccc2)c1. The fourth-order valence-corrected chi connectivity index (χ4v) is 1.67. The standard InChI is InChI=1S/C16H16O4/c1-18-16(17)14-8-5-9-15(10-14)20-12-19-11-13-6-3-2-4-7-13/h2-10H,11-12H2,1H3. The van der Waals surface area contributed by atoms with Crippen molar-refractivity contribution < 1.29 is 19.0 Å². The molecule has 2 rings (SSSR count). The number of hydrogen-bond acceptors (Lipinski definition) is 4. The summed E-state index contributed by atoms with van der Waals surface area (Å²) in [6, 6.07) is 16.6. The monoisotopic (exact) mass is 272 g/mol. The number of carbonyl (C=O) groups is 1. The molecule has 104 valence electrons. The minimum absolute atomic E-state index is 0.125. The van der Waals surface area contributed by atoms with E-state index in [1.54, 1.807) is 24.3 Å². The molecule has 0 N–H and O–H groups in total. The average molecular weight is 272 g/mol. The van der Waals surface area contributed by atoms with Gasteiger partial charge in [0.25, 0.3) is 0 Å². The van der Waals surface area contributed by atoms with Gasteiger partial charge in [-0.1, -0.05) is 36.4 Å². The van der Waals surface area contributed by atoms with Gasteiger partial charge in [0.15, 0.2) is 6.79 Å². The van der Waals surface area contributed by atoms with E-state index in [4.69, 9.17) is 9.47 Å². The van der Waals surface area contributed by atoms with Crippen LogP contribution in [0.25, 0.3) is 0 Å². The highest BCUT2D eigenvalue weighted by Crippen LogP contribution is 2.14. The van der Waals surface area contributed by atoms with Crippen molar-refractivity contribution in [2.45, 2.75) is 6.61 Å². The zero-order chi connectivity index (χ0) is 14.2. The van der Waals surface area contributed by atoms with Gasteiger partial charge in [0.1, 0.15) is 5.75 Å². The number of hydrogen-bond donors (Lipinski definition) is 0. The lowest BCUT2D eigenvalue weighted by molar-refractivity contribution is 0.00494. The van der Waals surface area contributed by atoms with Crippen LogP contribution in [0.5, 0.6) is 5.75 Å². The van der Waals surface area contributed by atoms with E-state index in [-0.39, 0.29) is 12.8 Å². The van der Waals surface area contributed by atoms with Crippen LogP contribution in [0.1, 0.15) is 15.9 Å². The number of esters is 1. The molecule has 2 aromatic carbocycles. The van der Waals surface area contributed by atoms with Gasteiger partial charge < -0.3 is 14.2 Å². The first-order chi connectivity index (χ1) is 9.79. The molecule has 2 aromatic rings. The molecule has 0 bridgehead atoms. The van der Waals surface area contributed by atoms with Crippen LogP contribution in [0.4, 0.5) is 0 Å². The summed E-state index contributed by atoms with van der Waals surface area (Å²) in [5.41, 5.74) is 1.53. The van der Waals surface area contributed by atoms with Crippen LogP contribution >= 0.6 is 0 Å². The average Bonchev–Trinajstić information content (AvgIpc) is 2.52. The predicted molar refractivity (Wildman–Crippen MR) is 74.5 cm³/mol. The van der Waals surface area contributed by atoms with Crippen molar-refractivity contribution in [1.82, 2.24) is 0 Å². The summed E-state index contributed by atoms with van der Waals surface area (Å²) in [4.78, 5) is 11.4. The van der Waals surface area contributed by atoms with Crippen LogP contribution in [0.3, 0.4) is 0 Å². The number of rotatable bonds is 6. The summed E-state index contributed by atoms with van der Waals surface area (Å²) in [5.74, 6) is 0.182. The van der Waals surface area contributed by atoms with Crippen molar-refractivity contribution in [3.8, 4) is 5.75 Å². The molecule has 0 spiro atoms. The lowest BCUT2D eigenvalue weighted by Gasteiger charge is -2.08.